The van der Waals surface area contributed by atoms with E-state index in [0.29, 0.717) is 27.9 Å². The molecule has 1 fully saturated rings. The van der Waals surface area contributed by atoms with E-state index in [-0.39, 0.29) is 11.9 Å². The summed E-state index contributed by atoms with van der Waals surface area (Å²) in [6.45, 7) is 4.91. The number of likely N-dealkylation sites (tertiary alicyclic amines) is 1. The highest BCUT2D eigenvalue weighted by Crippen LogP contribution is 2.25. The summed E-state index contributed by atoms with van der Waals surface area (Å²) in [5, 5.41) is 3.89. The van der Waals surface area contributed by atoms with Gasteiger partial charge in [0.1, 0.15) is 5.03 Å². The van der Waals surface area contributed by atoms with Crippen molar-refractivity contribution in [3.05, 3.63) is 65.5 Å². The Balaban J connectivity index is 1.34. The molecule has 1 amide bonds. The van der Waals surface area contributed by atoms with Crippen LogP contribution in [0.3, 0.4) is 0 Å². The largest absolute Gasteiger partial charge is 0.461 e. The van der Waals surface area contributed by atoms with Gasteiger partial charge in [0.25, 0.3) is 5.91 Å². The Hall–Kier alpha value is -2.64. The standard InChI is InChI=1S/C24H28N4O2S/c1-17-21(24(31-2)27-22(25-17)20-9-6-16-30-20)23(29)26-19-11-14-28(15-12-19)13-10-18-7-4-3-5-8-18/h3-9,16,19H,10-15H2,1-2H3,(H,26,29). The predicted octanol–water partition coefficient (Wildman–Crippen LogP) is 4.20. The van der Waals surface area contributed by atoms with Crippen LogP contribution < -0.4 is 5.32 Å². The van der Waals surface area contributed by atoms with E-state index in [4.69, 9.17) is 4.42 Å². The average molecular weight is 437 g/mol. The molecule has 0 spiro atoms. The first kappa shape index (κ1) is 21.6. The van der Waals surface area contributed by atoms with Crippen molar-refractivity contribution in [1.82, 2.24) is 20.2 Å². The number of thioether (sulfide) groups is 1. The lowest BCUT2D eigenvalue weighted by Crippen LogP contribution is -2.45. The summed E-state index contributed by atoms with van der Waals surface area (Å²) in [5.41, 5.74) is 2.61. The van der Waals surface area contributed by atoms with Gasteiger partial charge in [0.15, 0.2) is 11.6 Å². The highest BCUT2D eigenvalue weighted by molar-refractivity contribution is 7.98. The van der Waals surface area contributed by atoms with Gasteiger partial charge in [-0.25, -0.2) is 9.97 Å². The molecule has 1 aromatic carbocycles. The molecule has 0 bridgehead atoms. The first-order valence-electron chi connectivity index (χ1n) is 10.7. The molecule has 31 heavy (non-hydrogen) atoms. The van der Waals surface area contributed by atoms with E-state index in [1.807, 2.05) is 19.2 Å². The molecule has 0 aliphatic carbocycles. The number of hydrogen-bond donors (Lipinski definition) is 1. The van der Waals surface area contributed by atoms with Crippen molar-refractivity contribution in [2.75, 3.05) is 25.9 Å². The van der Waals surface area contributed by atoms with Crippen LogP contribution >= 0.6 is 11.8 Å². The maximum atomic E-state index is 13.1. The van der Waals surface area contributed by atoms with E-state index < -0.39 is 0 Å². The molecule has 0 saturated carbocycles. The fourth-order valence-electron chi connectivity index (χ4n) is 3.96. The third kappa shape index (κ3) is 5.35. The summed E-state index contributed by atoms with van der Waals surface area (Å²) in [6.07, 6.45) is 6.50. The third-order valence-electron chi connectivity index (χ3n) is 5.70. The molecule has 1 aliphatic heterocycles. The molecule has 0 atom stereocenters. The van der Waals surface area contributed by atoms with Crippen LogP contribution in [0.25, 0.3) is 11.6 Å². The number of aromatic nitrogens is 2. The Labute approximate surface area is 187 Å². The Morgan fingerprint density at radius 2 is 1.94 bits per heavy atom. The van der Waals surface area contributed by atoms with Crippen molar-refractivity contribution in [2.24, 2.45) is 0 Å². The molecular weight excluding hydrogens is 408 g/mol. The van der Waals surface area contributed by atoms with Crippen LogP contribution in [0.5, 0.6) is 0 Å². The molecule has 1 aliphatic rings. The second-order valence-electron chi connectivity index (χ2n) is 7.82. The van der Waals surface area contributed by atoms with Crippen LogP contribution in [0.4, 0.5) is 0 Å². The van der Waals surface area contributed by atoms with Gasteiger partial charge >= 0.3 is 0 Å². The number of furan rings is 1. The minimum absolute atomic E-state index is 0.0874. The number of carbonyl (C=O) groups is 1. The lowest BCUT2D eigenvalue weighted by Gasteiger charge is -2.32. The summed E-state index contributed by atoms with van der Waals surface area (Å²) < 4.78 is 5.41. The van der Waals surface area contributed by atoms with E-state index >= 15 is 0 Å². The number of amides is 1. The van der Waals surface area contributed by atoms with E-state index in [0.717, 1.165) is 38.9 Å². The van der Waals surface area contributed by atoms with Crippen molar-refractivity contribution in [3.63, 3.8) is 0 Å². The van der Waals surface area contributed by atoms with Gasteiger partial charge in [-0.15, -0.1) is 11.8 Å². The molecule has 0 unspecified atom stereocenters. The number of nitrogens with one attached hydrogen (secondary N) is 1. The monoisotopic (exact) mass is 436 g/mol. The minimum atomic E-state index is -0.0874. The molecule has 4 rings (SSSR count). The topological polar surface area (TPSA) is 71.3 Å². The molecule has 162 valence electrons. The molecule has 1 N–H and O–H groups in total. The maximum Gasteiger partial charge on any atom is 0.256 e. The van der Waals surface area contributed by atoms with E-state index in [1.165, 1.54) is 17.3 Å². The molecular formula is C24H28N4O2S. The van der Waals surface area contributed by atoms with Crippen molar-refractivity contribution < 1.29 is 9.21 Å². The van der Waals surface area contributed by atoms with Gasteiger partial charge in [-0.2, -0.15) is 0 Å². The molecule has 7 heteroatoms. The number of hydrogen-bond acceptors (Lipinski definition) is 6. The van der Waals surface area contributed by atoms with Gasteiger partial charge in [-0.1, -0.05) is 30.3 Å². The van der Waals surface area contributed by atoms with Crippen molar-refractivity contribution in [3.8, 4) is 11.6 Å². The SMILES string of the molecule is CSc1nc(-c2ccco2)nc(C)c1C(=O)NC1CCN(CCc2ccccc2)CC1. The van der Waals surface area contributed by atoms with Gasteiger partial charge in [-0.3, -0.25) is 4.79 Å². The minimum Gasteiger partial charge on any atom is -0.461 e. The summed E-state index contributed by atoms with van der Waals surface area (Å²) in [6, 6.07) is 14.4. The van der Waals surface area contributed by atoms with Gasteiger partial charge in [-0.05, 0) is 50.1 Å². The van der Waals surface area contributed by atoms with Crippen molar-refractivity contribution in [1.29, 1.82) is 0 Å². The first-order chi connectivity index (χ1) is 15.1. The lowest BCUT2D eigenvalue weighted by molar-refractivity contribution is 0.0906. The van der Waals surface area contributed by atoms with Crippen LogP contribution in [-0.2, 0) is 6.42 Å². The van der Waals surface area contributed by atoms with Crippen molar-refractivity contribution >= 4 is 17.7 Å². The van der Waals surface area contributed by atoms with Crippen LogP contribution in [0.1, 0.15) is 34.5 Å². The molecule has 6 nitrogen and oxygen atoms in total. The van der Waals surface area contributed by atoms with Crippen LogP contribution in [0, 0.1) is 6.92 Å². The summed E-state index contributed by atoms with van der Waals surface area (Å²) in [7, 11) is 0. The van der Waals surface area contributed by atoms with Gasteiger partial charge in [0, 0.05) is 25.7 Å². The van der Waals surface area contributed by atoms with E-state index in [9.17, 15) is 4.79 Å². The smallest absolute Gasteiger partial charge is 0.256 e. The summed E-state index contributed by atoms with van der Waals surface area (Å²) in [4.78, 5) is 24.6. The van der Waals surface area contributed by atoms with E-state index in [2.05, 4.69) is 50.5 Å². The number of piperidine rings is 1. The van der Waals surface area contributed by atoms with Gasteiger partial charge in [0.2, 0.25) is 0 Å². The molecule has 3 heterocycles. The Morgan fingerprint density at radius 3 is 2.61 bits per heavy atom. The Morgan fingerprint density at radius 1 is 1.16 bits per heavy atom. The van der Waals surface area contributed by atoms with Crippen molar-refractivity contribution in [2.45, 2.75) is 37.3 Å². The lowest BCUT2D eigenvalue weighted by atomic mass is 10.0. The average Bonchev–Trinajstić information content (AvgIpc) is 3.33. The number of rotatable bonds is 7. The molecule has 2 aromatic heterocycles. The zero-order valence-corrected chi connectivity index (χ0v) is 18.8. The second-order valence-corrected chi connectivity index (χ2v) is 8.61. The van der Waals surface area contributed by atoms with Gasteiger partial charge in [0.05, 0.1) is 17.5 Å². The second kappa shape index (κ2) is 10.1. The van der Waals surface area contributed by atoms with E-state index in [1.54, 1.807) is 12.3 Å². The third-order valence-corrected chi connectivity index (χ3v) is 6.38. The number of nitrogens with zero attached hydrogens (tertiary/aromatic N) is 3. The number of carbonyl (C=O) groups excluding carboxylic acids is 1. The summed E-state index contributed by atoms with van der Waals surface area (Å²) >= 11 is 1.45. The van der Waals surface area contributed by atoms with Crippen LogP contribution in [-0.4, -0.2) is 52.7 Å². The normalized spacial score (nSPS) is 15.2. The fraction of sp³-hybridized carbons (Fsp3) is 0.375. The predicted molar refractivity (Wildman–Crippen MR) is 123 cm³/mol. The Kier molecular flexibility index (Phi) is 7.04. The quantitative estimate of drug-likeness (QED) is 0.442. The zero-order valence-electron chi connectivity index (χ0n) is 18.0. The molecule has 3 aromatic rings. The van der Waals surface area contributed by atoms with Gasteiger partial charge < -0.3 is 14.6 Å². The highest BCUT2D eigenvalue weighted by atomic mass is 32.2. The number of aryl methyl sites for hydroxylation is 1. The highest BCUT2D eigenvalue weighted by Gasteiger charge is 2.25. The Bertz CT molecular complexity index is 1000. The zero-order chi connectivity index (χ0) is 21.6. The molecule has 1 saturated heterocycles. The van der Waals surface area contributed by atoms with Crippen LogP contribution in [0.2, 0.25) is 0 Å². The first-order valence-corrected chi connectivity index (χ1v) is 11.9. The molecule has 0 radical (unpaired) electrons. The van der Waals surface area contributed by atoms with Crippen LogP contribution in [0.15, 0.2) is 58.2 Å². The summed E-state index contributed by atoms with van der Waals surface area (Å²) in [5.74, 6) is 1.03. The maximum absolute atomic E-state index is 13.1. The number of benzene rings is 1. The fourth-order valence-corrected chi connectivity index (χ4v) is 4.58.